The Morgan fingerprint density at radius 2 is 1.87 bits per heavy atom. The molecule has 1 saturated heterocycles. The van der Waals surface area contributed by atoms with Crippen LogP contribution in [0.2, 0.25) is 0 Å². The molecule has 4 nitrogen and oxygen atoms in total. The molecule has 0 spiro atoms. The van der Waals surface area contributed by atoms with Gasteiger partial charge in [0.15, 0.2) is 5.17 Å². The van der Waals surface area contributed by atoms with E-state index in [-0.39, 0.29) is 5.91 Å². The third kappa shape index (κ3) is 3.78. The molecule has 2 heterocycles. The average molecular weight is 329 g/mol. The molecule has 0 unspecified atom stereocenters. The van der Waals surface area contributed by atoms with Gasteiger partial charge in [-0.1, -0.05) is 19.1 Å². The van der Waals surface area contributed by atoms with E-state index in [1.54, 1.807) is 0 Å². The van der Waals surface area contributed by atoms with Crippen molar-refractivity contribution in [2.75, 3.05) is 32.1 Å². The minimum atomic E-state index is -0.111. The Morgan fingerprint density at radius 1 is 1.22 bits per heavy atom. The maximum Gasteiger partial charge on any atom is 0.286 e. The van der Waals surface area contributed by atoms with E-state index in [2.05, 4.69) is 33.8 Å². The highest BCUT2D eigenvalue weighted by Gasteiger charge is 2.28. The number of benzene rings is 1. The van der Waals surface area contributed by atoms with Crippen molar-refractivity contribution < 1.29 is 4.79 Å². The first kappa shape index (κ1) is 16.1. The third-order valence-electron chi connectivity index (χ3n) is 4.37. The molecule has 0 N–H and O–H groups in total. The molecular formula is C18H23N3OS. The number of thioether (sulfide) groups is 1. The Hall–Kier alpha value is -1.75. The van der Waals surface area contributed by atoms with Gasteiger partial charge in [-0.25, -0.2) is 0 Å². The third-order valence-corrected chi connectivity index (χ3v) is 5.42. The van der Waals surface area contributed by atoms with Crippen molar-refractivity contribution in [1.29, 1.82) is 0 Å². The van der Waals surface area contributed by atoms with Gasteiger partial charge in [-0.05, 0) is 54.3 Å². The van der Waals surface area contributed by atoms with Gasteiger partial charge in [0.25, 0.3) is 5.91 Å². The molecule has 122 valence electrons. The fourth-order valence-corrected chi connectivity index (χ4v) is 3.72. The molecule has 0 saturated carbocycles. The smallest absolute Gasteiger partial charge is 0.286 e. The largest absolute Gasteiger partial charge is 0.378 e. The molecule has 1 fully saturated rings. The van der Waals surface area contributed by atoms with Gasteiger partial charge in [-0.15, -0.1) is 0 Å². The van der Waals surface area contributed by atoms with E-state index in [1.807, 2.05) is 32.3 Å². The Morgan fingerprint density at radius 3 is 2.48 bits per heavy atom. The molecule has 0 aromatic heterocycles. The number of amidine groups is 1. The maximum atomic E-state index is 12.2. The fraction of sp³-hybridized carbons (Fsp3) is 0.444. The van der Waals surface area contributed by atoms with Gasteiger partial charge in [0.05, 0.1) is 4.91 Å². The van der Waals surface area contributed by atoms with Crippen molar-refractivity contribution in [3.05, 3.63) is 34.7 Å². The highest BCUT2D eigenvalue weighted by Crippen LogP contribution is 2.32. The van der Waals surface area contributed by atoms with Crippen LogP contribution >= 0.6 is 11.8 Å². The summed E-state index contributed by atoms with van der Waals surface area (Å²) in [5.74, 6) is 0.666. The first-order valence-corrected chi connectivity index (χ1v) is 8.89. The van der Waals surface area contributed by atoms with Crippen LogP contribution < -0.4 is 4.90 Å². The molecule has 0 radical (unpaired) electrons. The van der Waals surface area contributed by atoms with Crippen LogP contribution in [0.3, 0.4) is 0 Å². The molecule has 1 aromatic carbocycles. The number of piperidine rings is 1. The number of nitrogens with zero attached hydrogens (tertiary/aromatic N) is 3. The zero-order valence-corrected chi connectivity index (χ0v) is 14.8. The number of likely N-dealkylation sites (tertiary alicyclic amines) is 1. The van der Waals surface area contributed by atoms with Crippen LogP contribution in [0, 0.1) is 5.92 Å². The number of carbonyl (C=O) groups excluding carboxylic acids is 1. The average Bonchev–Trinajstić information content (AvgIpc) is 2.89. The van der Waals surface area contributed by atoms with Crippen LogP contribution in [0.4, 0.5) is 5.69 Å². The Labute approximate surface area is 142 Å². The van der Waals surface area contributed by atoms with Crippen molar-refractivity contribution in [1.82, 2.24) is 4.90 Å². The van der Waals surface area contributed by atoms with Crippen LogP contribution in [0.15, 0.2) is 34.2 Å². The summed E-state index contributed by atoms with van der Waals surface area (Å²) in [6, 6.07) is 8.20. The molecule has 0 atom stereocenters. The second kappa shape index (κ2) is 6.79. The number of amides is 1. The summed E-state index contributed by atoms with van der Waals surface area (Å²) < 4.78 is 0. The van der Waals surface area contributed by atoms with Crippen LogP contribution in [0.5, 0.6) is 0 Å². The number of aliphatic imine (C=N–C) groups is 1. The summed E-state index contributed by atoms with van der Waals surface area (Å²) in [6.45, 7) is 4.30. The summed E-state index contributed by atoms with van der Waals surface area (Å²) >= 11 is 1.51. The quantitative estimate of drug-likeness (QED) is 0.779. The standard InChI is InChI=1S/C18H23N3OS/c1-13-8-10-21(11-9-13)18-19-17(22)16(23-18)12-14-4-6-15(7-5-14)20(2)3/h4-7,12-13H,8-11H2,1-3H3. The maximum absolute atomic E-state index is 12.2. The van der Waals surface area contributed by atoms with E-state index in [0.29, 0.717) is 0 Å². The van der Waals surface area contributed by atoms with Crippen LogP contribution in [0.25, 0.3) is 6.08 Å². The SMILES string of the molecule is CC1CCN(C2=NC(=O)C(=Cc3ccc(N(C)C)cc3)S2)CC1. The second-order valence-corrected chi connectivity index (χ2v) is 7.47. The van der Waals surface area contributed by atoms with Crippen molar-refractivity contribution in [3.8, 4) is 0 Å². The first-order chi connectivity index (χ1) is 11.0. The van der Waals surface area contributed by atoms with E-state index in [4.69, 9.17) is 0 Å². The van der Waals surface area contributed by atoms with E-state index in [0.717, 1.165) is 40.3 Å². The predicted octanol–water partition coefficient (Wildman–Crippen LogP) is 3.45. The summed E-state index contributed by atoms with van der Waals surface area (Å²) in [4.78, 5) is 21.4. The molecule has 23 heavy (non-hydrogen) atoms. The van der Waals surface area contributed by atoms with Crippen molar-refractivity contribution in [2.45, 2.75) is 19.8 Å². The van der Waals surface area contributed by atoms with Crippen LogP contribution in [-0.4, -0.2) is 43.2 Å². The van der Waals surface area contributed by atoms with Crippen LogP contribution in [0.1, 0.15) is 25.3 Å². The Kier molecular flexibility index (Phi) is 4.76. The van der Waals surface area contributed by atoms with Gasteiger partial charge in [0.1, 0.15) is 0 Å². The second-order valence-electron chi connectivity index (χ2n) is 6.47. The lowest BCUT2D eigenvalue weighted by Crippen LogP contribution is -2.35. The van der Waals surface area contributed by atoms with Crippen LogP contribution in [-0.2, 0) is 4.79 Å². The molecule has 2 aliphatic rings. The Bertz CT molecular complexity index is 641. The van der Waals surface area contributed by atoms with Crippen molar-refractivity contribution in [2.24, 2.45) is 10.9 Å². The van der Waals surface area contributed by atoms with E-state index in [1.165, 1.54) is 24.6 Å². The van der Waals surface area contributed by atoms with Crippen molar-refractivity contribution >= 4 is 34.6 Å². The van der Waals surface area contributed by atoms with Crippen molar-refractivity contribution in [3.63, 3.8) is 0 Å². The number of anilines is 1. The number of hydrogen-bond donors (Lipinski definition) is 0. The predicted molar refractivity (Wildman–Crippen MR) is 98.8 cm³/mol. The summed E-state index contributed by atoms with van der Waals surface area (Å²) in [5, 5.41) is 0.873. The molecule has 3 rings (SSSR count). The van der Waals surface area contributed by atoms with E-state index in [9.17, 15) is 4.79 Å². The first-order valence-electron chi connectivity index (χ1n) is 8.08. The van der Waals surface area contributed by atoms with E-state index >= 15 is 0 Å². The molecule has 1 aromatic rings. The fourth-order valence-electron chi connectivity index (χ4n) is 2.75. The van der Waals surface area contributed by atoms with Gasteiger partial charge in [0.2, 0.25) is 0 Å². The van der Waals surface area contributed by atoms with Gasteiger partial charge >= 0.3 is 0 Å². The molecule has 0 aliphatic carbocycles. The minimum absolute atomic E-state index is 0.111. The lowest BCUT2D eigenvalue weighted by atomic mass is 10.00. The molecule has 5 heteroatoms. The lowest BCUT2D eigenvalue weighted by molar-refractivity contribution is -0.113. The number of carbonyl (C=O) groups is 1. The lowest BCUT2D eigenvalue weighted by Gasteiger charge is -2.30. The van der Waals surface area contributed by atoms with E-state index < -0.39 is 0 Å². The van der Waals surface area contributed by atoms with Gasteiger partial charge in [0, 0.05) is 32.9 Å². The minimum Gasteiger partial charge on any atom is -0.378 e. The Balaban J connectivity index is 1.69. The topological polar surface area (TPSA) is 35.9 Å². The zero-order chi connectivity index (χ0) is 16.4. The number of hydrogen-bond acceptors (Lipinski definition) is 4. The summed E-state index contributed by atoms with van der Waals surface area (Å²) in [5.41, 5.74) is 2.19. The van der Waals surface area contributed by atoms with Gasteiger partial charge in [-0.2, -0.15) is 4.99 Å². The van der Waals surface area contributed by atoms with Gasteiger partial charge < -0.3 is 9.80 Å². The monoisotopic (exact) mass is 329 g/mol. The zero-order valence-electron chi connectivity index (χ0n) is 14.0. The molecule has 2 aliphatic heterocycles. The normalized spacial score (nSPS) is 21.0. The number of rotatable bonds is 2. The highest BCUT2D eigenvalue weighted by molar-refractivity contribution is 8.18. The summed E-state index contributed by atoms with van der Waals surface area (Å²) in [7, 11) is 4.03. The summed E-state index contributed by atoms with van der Waals surface area (Å²) in [6.07, 6.45) is 4.30. The highest BCUT2D eigenvalue weighted by atomic mass is 32.2. The molecule has 1 amide bonds. The molecular weight excluding hydrogens is 306 g/mol. The molecule has 0 bridgehead atoms. The van der Waals surface area contributed by atoms with Gasteiger partial charge in [-0.3, -0.25) is 4.79 Å².